The Balaban J connectivity index is 1.78. The SMILES string of the molecule is Fc1cc(NCc2cc(Cl)c3c(c2)OCO3)cc(F)c1F. The highest BCUT2D eigenvalue weighted by Crippen LogP contribution is 2.39. The van der Waals surface area contributed by atoms with Crippen molar-refractivity contribution in [3.05, 3.63) is 52.3 Å². The first-order valence-corrected chi connectivity index (χ1v) is 6.39. The van der Waals surface area contributed by atoms with E-state index in [1.807, 2.05) is 0 Å². The van der Waals surface area contributed by atoms with Crippen LogP contribution in [0.4, 0.5) is 18.9 Å². The van der Waals surface area contributed by atoms with Crippen LogP contribution in [0.15, 0.2) is 24.3 Å². The molecule has 7 heteroatoms. The summed E-state index contributed by atoms with van der Waals surface area (Å²) in [5.74, 6) is -3.01. The number of halogens is 4. The Morgan fingerprint density at radius 2 is 1.76 bits per heavy atom. The Bertz CT molecular complexity index is 686. The summed E-state index contributed by atoms with van der Waals surface area (Å²) in [6.07, 6.45) is 0. The maximum Gasteiger partial charge on any atom is 0.231 e. The zero-order valence-electron chi connectivity index (χ0n) is 10.6. The Labute approximate surface area is 123 Å². The number of rotatable bonds is 3. The molecule has 0 amide bonds. The van der Waals surface area contributed by atoms with E-state index in [0.717, 1.165) is 17.7 Å². The van der Waals surface area contributed by atoms with Crippen molar-refractivity contribution < 1.29 is 22.6 Å². The summed E-state index contributed by atoms with van der Waals surface area (Å²) in [4.78, 5) is 0. The molecule has 0 bridgehead atoms. The van der Waals surface area contributed by atoms with E-state index >= 15 is 0 Å². The van der Waals surface area contributed by atoms with Crippen LogP contribution in [0.3, 0.4) is 0 Å². The molecule has 0 spiro atoms. The highest BCUT2D eigenvalue weighted by Gasteiger charge is 2.18. The molecule has 3 rings (SSSR count). The minimum Gasteiger partial charge on any atom is -0.454 e. The van der Waals surface area contributed by atoms with Gasteiger partial charge in [0, 0.05) is 24.4 Å². The molecule has 1 aliphatic heterocycles. The first-order valence-electron chi connectivity index (χ1n) is 6.01. The van der Waals surface area contributed by atoms with Gasteiger partial charge < -0.3 is 14.8 Å². The van der Waals surface area contributed by atoms with Gasteiger partial charge in [0.25, 0.3) is 0 Å². The van der Waals surface area contributed by atoms with E-state index in [9.17, 15) is 13.2 Å². The maximum atomic E-state index is 13.1. The Morgan fingerprint density at radius 1 is 1.05 bits per heavy atom. The lowest BCUT2D eigenvalue weighted by molar-refractivity contribution is 0.174. The normalized spacial score (nSPS) is 12.6. The molecule has 0 unspecified atom stereocenters. The Morgan fingerprint density at radius 3 is 2.48 bits per heavy atom. The van der Waals surface area contributed by atoms with Crippen LogP contribution in [-0.2, 0) is 6.54 Å². The van der Waals surface area contributed by atoms with E-state index in [0.29, 0.717) is 16.5 Å². The lowest BCUT2D eigenvalue weighted by atomic mass is 10.2. The molecular formula is C14H9ClF3NO2. The smallest absolute Gasteiger partial charge is 0.231 e. The largest absolute Gasteiger partial charge is 0.454 e. The molecular weight excluding hydrogens is 307 g/mol. The van der Waals surface area contributed by atoms with E-state index in [1.54, 1.807) is 12.1 Å². The average molecular weight is 316 g/mol. The third kappa shape index (κ3) is 2.71. The van der Waals surface area contributed by atoms with E-state index in [1.165, 1.54) is 0 Å². The monoisotopic (exact) mass is 315 g/mol. The molecule has 110 valence electrons. The standard InChI is InChI=1S/C14H9ClF3NO2/c15-9-1-7(2-12-14(9)21-6-20-12)5-19-8-3-10(16)13(18)11(17)4-8/h1-4,19H,5-6H2. The van der Waals surface area contributed by atoms with Gasteiger partial charge in [-0.1, -0.05) is 11.6 Å². The molecule has 21 heavy (non-hydrogen) atoms. The van der Waals surface area contributed by atoms with Crippen molar-refractivity contribution in [2.75, 3.05) is 12.1 Å². The van der Waals surface area contributed by atoms with Crippen LogP contribution in [0.2, 0.25) is 5.02 Å². The highest BCUT2D eigenvalue weighted by molar-refractivity contribution is 6.32. The van der Waals surface area contributed by atoms with Crippen LogP contribution >= 0.6 is 11.6 Å². The number of nitrogens with one attached hydrogen (secondary N) is 1. The van der Waals surface area contributed by atoms with E-state index in [4.69, 9.17) is 21.1 Å². The molecule has 0 fully saturated rings. The van der Waals surface area contributed by atoms with Gasteiger partial charge in [-0.05, 0) is 17.7 Å². The highest BCUT2D eigenvalue weighted by atomic mass is 35.5. The summed E-state index contributed by atoms with van der Waals surface area (Å²) >= 11 is 6.03. The molecule has 1 heterocycles. The molecule has 0 saturated heterocycles. The van der Waals surface area contributed by atoms with Gasteiger partial charge in [0.05, 0.1) is 5.02 Å². The van der Waals surface area contributed by atoms with Crippen LogP contribution in [-0.4, -0.2) is 6.79 Å². The van der Waals surface area contributed by atoms with Gasteiger partial charge in [-0.25, -0.2) is 13.2 Å². The van der Waals surface area contributed by atoms with Gasteiger partial charge >= 0.3 is 0 Å². The first kappa shape index (κ1) is 13.9. The van der Waals surface area contributed by atoms with Gasteiger partial charge in [0.1, 0.15) is 0 Å². The lowest BCUT2D eigenvalue weighted by Gasteiger charge is -2.09. The van der Waals surface area contributed by atoms with Crippen LogP contribution < -0.4 is 14.8 Å². The second kappa shape index (κ2) is 5.37. The summed E-state index contributed by atoms with van der Waals surface area (Å²) in [5.41, 5.74) is 0.856. The van der Waals surface area contributed by atoms with Crippen molar-refractivity contribution in [1.29, 1.82) is 0 Å². The molecule has 3 nitrogen and oxygen atoms in total. The lowest BCUT2D eigenvalue weighted by Crippen LogP contribution is -2.02. The van der Waals surface area contributed by atoms with Gasteiger partial charge in [-0.15, -0.1) is 0 Å². The number of fused-ring (bicyclic) bond motifs is 1. The summed E-state index contributed by atoms with van der Waals surface area (Å²) in [5, 5.41) is 3.17. The van der Waals surface area contributed by atoms with Gasteiger partial charge in [0.2, 0.25) is 6.79 Å². The fraction of sp³-hybridized carbons (Fsp3) is 0.143. The number of hydrogen-bond donors (Lipinski definition) is 1. The summed E-state index contributed by atoms with van der Waals surface area (Å²) < 4.78 is 49.4. The van der Waals surface area contributed by atoms with Crippen molar-refractivity contribution >= 4 is 17.3 Å². The fourth-order valence-electron chi connectivity index (χ4n) is 1.98. The number of ether oxygens (including phenoxy) is 2. The summed E-state index contributed by atoms with van der Waals surface area (Å²) in [7, 11) is 0. The van der Waals surface area contributed by atoms with Crippen LogP contribution in [0.25, 0.3) is 0 Å². The molecule has 0 aliphatic carbocycles. The number of hydrogen-bond acceptors (Lipinski definition) is 3. The zero-order valence-corrected chi connectivity index (χ0v) is 11.3. The second-order valence-electron chi connectivity index (χ2n) is 4.42. The second-order valence-corrected chi connectivity index (χ2v) is 4.83. The van der Waals surface area contributed by atoms with Crippen LogP contribution in [0.1, 0.15) is 5.56 Å². The molecule has 1 N–H and O–H groups in total. The van der Waals surface area contributed by atoms with Crippen molar-refractivity contribution in [1.82, 2.24) is 0 Å². The Kier molecular flexibility index (Phi) is 3.55. The number of anilines is 1. The fourth-order valence-corrected chi connectivity index (χ4v) is 2.27. The van der Waals surface area contributed by atoms with Gasteiger partial charge in [-0.2, -0.15) is 0 Å². The molecule has 2 aromatic rings. The van der Waals surface area contributed by atoms with Crippen molar-refractivity contribution in [3.63, 3.8) is 0 Å². The van der Waals surface area contributed by atoms with E-state index in [2.05, 4.69) is 5.32 Å². The molecule has 0 atom stereocenters. The van der Waals surface area contributed by atoms with Crippen molar-refractivity contribution in [3.8, 4) is 11.5 Å². The van der Waals surface area contributed by atoms with Crippen LogP contribution in [0, 0.1) is 17.5 Å². The van der Waals surface area contributed by atoms with Crippen molar-refractivity contribution in [2.45, 2.75) is 6.54 Å². The first-order chi connectivity index (χ1) is 10.0. The predicted octanol–water partition coefficient (Wildman–Crippen LogP) is 4.10. The zero-order chi connectivity index (χ0) is 15.0. The molecule has 2 aromatic carbocycles. The Hall–Kier alpha value is -2.08. The molecule has 0 saturated carbocycles. The number of benzene rings is 2. The van der Waals surface area contributed by atoms with Crippen LogP contribution in [0.5, 0.6) is 11.5 Å². The van der Waals surface area contributed by atoms with Gasteiger partial charge in [0.15, 0.2) is 29.0 Å². The average Bonchev–Trinajstić information content (AvgIpc) is 2.91. The van der Waals surface area contributed by atoms with E-state index < -0.39 is 17.5 Å². The minimum atomic E-state index is -1.49. The van der Waals surface area contributed by atoms with Gasteiger partial charge in [-0.3, -0.25) is 0 Å². The molecule has 0 aromatic heterocycles. The summed E-state index contributed by atoms with van der Waals surface area (Å²) in [6, 6.07) is 5.12. The third-order valence-electron chi connectivity index (χ3n) is 2.97. The molecule has 1 aliphatic rings. The molecule has 0 radical (unpaired) electrons. The van der Waals surface area contributed by atoms with Crippen molar-refractivity contribution in [2.24, 2.45) is 0 Å². The maximum absolute atomic E-state index is 13.1. The summed E-state index contributed by atoms with van der Waals surface area (Å²) in [6.45, 7) is 0.335. The third-order valence-corrected chi connectivity index (χ3v) is 3.25. The quantitative estimate of drug-likeness (QED) is 0.865. The van der Waals surface area contributed by atoms with E-state index in [-0.39, 0.29) is 19.0 Å². The predicted molar refractivity (Wildman–Crippen MR) is 71.2 cm³/mol. The minimum absolute atomic E-state index is 0.0975. The topological polar surface area (TPSA) is 30.5 Å².